The van der Waals surface area contributed by atoms with Gasteiger partial charge >= 0.3 is 10.2 Å². The number of rotatable bonds is 6. The molecule has 5 rings (SSSR count). The third-order valence-corrected chi connectivity index (χ3v) is 8.18. The zero-order chi connectivity index (χ0) is 19.5. The van der Waals surface area contributed by atoms with E-state index in [1.165, 1.54) is 35.7 Å². The summed E-state index contributed by atoms with van der Waals surface area (Å²) >= 11 is 0. The number of hydrogen-bond donors (Lipinski definition) is 1. The summed E-state index contributed by atoms with van der Waals surface area (Å²) in [6, 6.07) is 2.78. The molecule has 3 saturated carbocycles. The Balaban J connectivity index is 1.38. The minimum atomic E-state index is -3.90. The zero-order valence-electron chi connectivity index (χ0n) is 15.7. The lowest BCUT2D eigenvalue weighted by Crippen LogP contribution is -2.49. The maximum Gasteiger partial charge on any atom is 0.304 e. The normalized spacial score (nSPS) is 29.5. The first-order valence-electron chi connectivity index (χ1n) is 10.2. The highest BCUT2D eigenvalue weighted by atomic mass is 32.2. The number of fused-ring (bicyclic) bond motifs is 2. The van der Waals surface area contributed by atoms with Crippen LogP contribution in [0.15, 0.2) is 12.1 Å². The second-order valence-electron chi connectivity index (χ2n) is 8.66. The lowest BCUT2D eigenvalue weighted by molar-refractivity contribution is 0.0973. The van der Waals surface area contributed by atoms with Crippen molar-refractivity contribution in [2.75, 3.05) is 13.1 Å². The average Bonchev–Trinajstić information content (AvgIpc) is 3.20. The van der Waals surface area contributed by atoms with Gasteiger partial charge in [0, 0.05) is 19.2 Å². The van der Waals surface area contributed by atoms with Gasteiger partial charge in [-0.1, -0.05) is 0 Å². The van der Waals surface area contributed by atoms with Crippen LogP contribution in [0, 0.1) is 17.7 Å². The van der Waals surface area contributed by atoms with Crippen LogP contribution in [0.3, 0.4) is 0 Å². The van der Waals surface area contributed by atoms with Crippen molar-refractivity contribution < 1.29 is 22.3 Å². The van der Waals surface area contributed by atoms with Gasteiger partial charge in [-0.25, -0.2) is 9.11 Å². The Bertz CT molecular complexity index is 911. The molecule has 1 amide bonds. The van der Waals surface area contributed by atoms with Crippen LogP contribution in [0.4, 0.5) is 4.39 Å². The molecule has 0 spiro atoms. The predicted octanol–water partition coefficient (Wildman–Crippen LogP) is 2.95. The summed E-state index contributed by atoms with van der Waals surface area (Å²) in [6.45, 7) is 0.767. The lowest BCUT2D eigenvalue weighted by Gasteiger charge is -2.29. The van der Waals surface area contributed by atoms with Crippen LogP contribution in [-0.4, -0.2) is 37.8 Å². The van der Waals surface area contributed by atoms with E-state index in [9.17, 15) is 17.6 Å². The van der Waals surface area contributed by atoms with Crippen molar-refractivity contribution in [3.8, 4) is 5.75 Å². The van der Waals surface area contributed by atoms with Crippen LogP contribution >= 0.6 is 0 Å². The van der Waals surface area contributed by atoms with Crippen LogP contribution in [-0.2, 0) is 10.2 Å². The Morgan fingerprint density at radius 1 is 1.14 bits per heavy atom. The minimum Gasteiger partial charge on any atom is -0.490 e. The number of ether oxygens (including phenoxy) is 1. The van der Waals surface area contributed by atoms with Gasteiger partial charge in [0.15, 0.2) is 0 Å². The highest BCUT2D eigenvalue weighted by Crippen LogP contribution is 2.49. The highest BCUT2D eigenvalue weighted by Gasteiger charge is 2.42. The Morgan fingerprint density at radius 3 is 2.50 bits per heavy atom. The van der Waals surface area contributed by atoms with E-state index in [-0.39, 0.29) is 17.6 Å². The van der Waals surface area contributed by atoms with Crippen molar-refractivity contribution in [2.24, 2.45) is 11.8 Å². The summed E-state index contributed by atoms with van der Waals surface area (Å²) in [7, 11) is -3.90. The molecule has 3 unspecified atom stereocenters. The first-order chi connectivity index (χ1) is 13.4. The molecule has 0 radical (unpaired) electrons. The summed E-state index contributed by atoms with van der Waals surface area (Å²) in [5, 5.41) is 0. The van der Waals surface area contributed by atoms with E-state index in [1.807, 2.05) is 4.72 Å². The number of halogens is 1. The van der Waals surface area contributed by atoms with E-state index < -0.39 is 21.9 Å². The number of benzene rings is 1. The summed E-state index contributed by atoms with van der Waals surface area (Å²) in [5.74, 6) is 0.398. The van der Waals surface area contributed by atoms with E-state index in [2.05, 4.69) is 0 Å². The third kappa shape index (κ3) is 3.30. The van der Waals surface area contributed by atoms with Crippen LogP contribution in [0.5, 0.6) is 5.75 Å². The van der Waals surface area contributed by atoms with E-state index in [0.29, 0.717) is 24.8 Å². The number of amides is 1. The molecule has 1 aromatic carbocycles. The van der Waals surface area contributed by atoms with Crippen molar-refractivity contribution in [2.45, 2.75) is 57.0 Å². The number of nitrogens with one attached hydrogen (secondary N) is 1. The van der Waals surface area contributed by atoms with Crippen LogP contribution < -0.4 is 9.46 Å². The van der Waals surface area contributed by atoms with Crippen molar-refractivity contribution in [1.29, 1.82) is 0 Å². The minimum absolute atomic E-state index is 0.127. The van der Waals surface area contributed by atoms with E-state index >= 15 is 0 Å². The van der Waals surface area contributed by atoms with E-state index in [1.54, 1.807) is 0 Å². The molecular formula is C20H25FN2O4S. The Hall–Kier alpha value is -1.67. The second kappa shape index (κ2) is 6.69. The largest absolute Gasteiger partial charge is 0.490 e. The second-order valence-corrected chi connectivity index (χ2v) is 10.3. The van der Waals surface area contributed by atoms with Gasteiger partial charge in [0.1, 0.15) is 17.7 Å². The first-order valence-corrected chi connectivity index (χ1v) is 11.7. The van der Waals surface area contributed by atoms with Crippen LogP contribution in [0.25, 0.3) is 0 Å². The van der Waals surface area contributed by atoms with Crippen molar-refractivity contribution >= 4 is 16.1 Å². The average molecular weight is 408 g/mol. The molecule has 1 saturated heterocycles. The maximum absolute atomic E-state index is 14.7. The predicted molar refractivity (Wildman–Crippen MR) is 101 cm³/mol. The summed E-state index contributed by atoms with van der Waals surface area (Å²) in [6.07, 6.45) is 7.50. The molecule has 1 aromatic rings. The molecule has 6 nitrogen and oxygen atoms in total. The standard InChI is InChI=1S/C20H25FN2O4S/c21-17-11-19(27-18-9-12-2-3-14(18)8-12)15(13-4-5-13)10-16(17)20(24)22-28(25,26)23-6-1-7-23/h10-14,18H,1-9H2,(H,22,24). The molecule has 1 aliphatic heterocycles. The first kappa shape index (κ1) is 18.4. The van der Waals surface area contributed by atoms with Gasteiger partial charge in [0.25, 0.3) is 5.91 Å². The molecule has 0 aromatic heterocycles. The van der Waals surface area contributed by atoms with Gasteiger partial charge in [-0.3, -0.25) is 4.79 Å². The number of nitrogens with zero attached hydrogens (tertiary/aromatic N) is 1. The smallest absolute Gasteiger partial charge is 0.304 e. The molecular weight excluding hydrogens is 383 g/mol. The quantitative estimate of drug-likeness (QED) is 0.785. The molecule has 4 aliphatic rings. The number of hydrogen-bond acceptors (Lipinski definition) is 4. The molecule has 2 bridgehead atoms. The SMILES string of the molecule is O=C(NS(=O)(=O)N1CCC1)c1cc(C2CC2)c(OC2CC3CCC2C3)cc1F. The zero-order valence-corrected chi connectivity index (χ0v) is 16.5. The molecule has 152 valence electrons. The fourth-order valence-electron chi connectivity index (χ4n) is 4.82. The molecule has 1 N–H and O–H groups in total. The van der Waals surface area contributed by atoms with Crippen molar-refractivity contribution in [3.63, 3.8) is 0 Å². The van der Waals surface area contributed by atoms with Gasteiger partial charge in [-0.15, -0.1) is 0 Å². The van der Waals surface area contributed by atoms with Crippen molar-refractivity contribution in [1.82, 2.24) is 9.03 Å². The third-order valence-electron chi connectivity index (χ3n) is 6.69. The topological polar surface area (TPSA) is 75.7 Å². The van der Waals surface area contributed by atoms with Gasteiger partial charge in [0.2, 0.25) is 0 Å². The fourth-order valence-corrected chi connectivity index (χ4v) is 6.03. The Morgan fingerprint density at radius 2 is 1.93 bits per heavy atom. The Labute approximate surface area is 164 Å². The number of carbonyl (C=O) groups is 1. The van der Waals surface area contributed by atoms with Gasteiger partial charge < -0.3 is 4.74 Å². The molecule has 8 heteroatoms. The van der Waals surface area contributed by atoms with Gasteiger partial charge in [-0.2, -0.15) is 12.7 Å². The molecule has 28 heavy (non-hydrogen) atoms. The van der Waals surface area contributed by atoms with Gasteiger partial charge in [0.05, 0.1) is 5.56 Å². The lowest BCUT2D eigenvalue weighted by atomic mass is 9.97. The number of carbonyl (C=O) groups excluding carboxylic acids is 1. The fraction of sp³-hybridized carbons (Fsp3) is 0.650. The maximum atomic E-state index is 14.7. The van der Waals surface area contributed by atoms with E-state index in [0.717, 1.165) is 37.2 Å². The summed E-state index contributed by atoms with van der Waals surface area (Å²) in [4.78, 5) is 12.5. The molecule has 1 heterocycles. The molecule has 3 atom stereocenters. The molecule has 3 aliphatic carbocycles. The molecule has 4 fully saturated rings. The summed E-state index contributed by atoms with van der Waals surface area (Å²) < 4.78 is 48.5. The monoisotopic (exact) mass is 408 g/mol. The van der Waals surface area contributed by atoms with Crippen LogP contribution in [0.2, 0.25) is 0 Å². The Kier molecular flexibility index (Phi) is 4.39. The summed E-state index contributed by atoms with van der Waals surface area (Å²) in [5.41, 5.74) is 0.599. The van der Waals surface area contributed by atoms with Gasteiger partial charge in [-0.05, 0) is 74.3 Å². The van der Waals surface area contributed by atoms with Crippen molar-refractivity contribution in [3.05, 3.63) is 29.1 Å². The highest BCUT2D eigenvalue weighted by molar-refractivity contribution is 7.87. The van der Waals surface area contributed by atoms with E-state index in [4.69, 9.17) is 4.74 Å². The van der Waals surface area contributed by atoms with Crippen LogP contribution in [0.1, 0.15) is 66.8 Å².